The highest BCUT2D eigenvalue weighted by Crippen LogP contribution is 2.39. The van der Waals surface area contributed by atoms with Gasteiger partial charge in [-0.15, -0.1) is 0 Å². The fourth-order valence-electron chi connectivity index (χ4n) is 2.18. The van der Waals surface area contributed by atoms with Gasteiger partial charge in [0.1, 0.15) is 4.32 Å². The number of amides is 1. The summed E-state index contributed by atoms with van der Waals surface area (Å²) in [5.74, 6) is -0.125. The van der Waals surface area contributed by atoms with Gasteiger partial charge in [-0.05, 0) is 46.6 Å². The van der Waals surface area contributed by atoms with Gasteiger partial charge in [-0.1, -0.05) is 24.0 Å². The summed E-state index contributed by atoms with van der Waals surface area (Å²) >= 11 is 9.76. The molecule has 9 heteroatoms. The predicted octanol–water partition coefficient (Wildman–Crippen LogP) is 3.53. The second kappa shape index (κ2) is 8.68. The molecular weight excluding hydrogens is 430 g/mol. The van der Waals surface area contributed by atoms with Gasteiger partial charge in [0.05, 0.1) is 29.5 Å². The number of benzene rings is 1. The average molecular weight is 446 g/mol. The molecule has 0 saturated carbocycles. The van der Waals surface area contributed by atoms with Gasteiger partial charge in [-0.2, -0.15) is 0 Å². The zero-order valence-corrected chi connectivity index (χ0v) is 16.8. The van der Waals surface area contributed by atoms with Gasteiger partial charge in [-0.3, -0.25) is 14.5 Å². The highest BCUT2D eigenvalue weighted by atomic mass is 79.9. The van der Waals surface area contributed by atoms with Gasteiger partial charge in [0.15, 0.2) is 11.5 Å². The minimum absolute atomic E-state index is 0.0633. The Bertz CT molecular complexity index is 750. The SMILES string of the molecule is CCOc1cc(C=C2SC(=S)N(CCC(=O)O)C2=O)cc(Br)c1OC. The summed E-state index contributed by atoms with van der Waals surface area (Å²) in [6.45, 7) is 2.41. The van der Waals surface area contributed by atoms with Crippen LogP contribution in [0.4, 0.5) is 0 Å². The smallest absolute Gasteiger partial charge is 0.305 e. The number of rotatable bonds is 7. The summed E-state index contributed by atoms with van der Waals surface area (Å²) in [5, 5.41) is 8.77. The lowest BCUT2D eigenvalue weighted by Crippen LogP contribution is -2.30. The second-order valence-corrected chi connectivity index (χ2v) is 7.47. The number of carboxylic acids is 1. The number of ether oxygens (including phenoxy) is 2. The lowest BCUT2D eigenvalue weighted by atomic mass is 10.2. The molecule has 1 aromatic rings. The number of aliphatic carboxylic acids is 1. The molecule has 2 rings (SSSR count). The lowest BCUT2D eigenvalue weighted by Gasteiger charge is -2.13. The number of nitrogens with zero attached hydrogens (tertiary/aromatic N) is 1. The van der Waals surface area contributed by atoms with E-state index in [0.29, 0.717) is 31.8 Å². The minimum Gasteiger partial charge on any atom is -0.492 e. The highest BCUT2D eigenvalue weighted by molar-refractivity contribution is 9.10. The summed E-state index contributed by atoms with van der Waals surface area (Å²) < 4.78 is 11.9. The standard InChI is InChI=1S/C16H16BrNO5S2/c1-3-23-11-7-9(6-10(17)14(11)22-2)8-12-15(21)18(16(24)25-12)5-4-13(19)20/h6-8H,3-5H2,1-2H3,(H,19,20). The molecule has 1 fully saturated rings. The number of hydrogen-bond acceptors (Lipinski definition) is 6. The maximum atomic E-state index is 12.4. The van der Waals surface area contributed by atoms with E-state index in [2.05, 4.69) is 15.9 Å². The van der Waals surface area contributed by atoms with E-state index in [4.69, 9.17) is 26.8 Å². The first kappa shape index (κ1) is 19.7. The largest absolute Gasteiger partial charge is 0.492 e. The van der Waals surface area contributed by atoms with Crippen molar-refractivity contribution in [2.45, 2.75) is 13.3 Å². The Morgan fingerprint density at radius 1 is 1.48 bits per heavy atom. The van der Waals surface area contributed by atoms with Gasteiger partial charge >= 0.3 is 5.97 Å². The molecule has 134 valence electrons. The van der Waals surface area contributed by atoms with Crippen molar-refractivity contribution >= 4 is 62.2 Å². The Balaban J connectivity index is 2.29. The summed E-state index contributed by atoms with van der Waals surface area (Å²) in [6, 6.07) is 3.59. The first-order valence-electron chi connectivity index (χ1n) is 7.34. The van der Waals surface area contributed by atoms with Gasteiger partial charge in [-0.25, -0.2) is 0 Å². The molecule has 0 bridgehead atoms. The lowest BCUT2D eigenvalue weighted by molar-refractivity contribution is -0.137. The number of methoxy groups -OCH3 is 1. The molecule has 0 unspecified atom stereocenters. The summed E-state index contributed by atoms with van der Waals surface area (Å²) in [5.41, 5.74) is 0.745. The van der Waals surface area contributed by atoms with Crippen LogP contribution in [0.15, 0.2) is 21.5 Å². The number of thioether (sulfide) groups is 1. The van der Waals surface area contributed by atoms with E-state index < -0.39 is 5.97 Å². The van der Waals surface area contributed by atoms with Crippen LogP contribution < -0.4 is 9.47 Å². The Morgan fingerprint density at radius 2 is 2.20 bits per heavy atom. The molecule has 6 nitrogen and oxygen atoms in total. The molecule has 1 saturated heterocycles. The van der Waals surface area contributed by atoms with E-state index in [0.717, 1.165) is 17.3 Å². The molecule has 1 heterocycles. The van der Waals surface area contributed by atoms with Crippen molar-refractivity contribution in [3.05, 3.63) is 27.1 Å². The van der Waals surface area contributed by atoms with E-state index in [-0.39, 0.29) is 18.9 Å². The Morgan fingerprint density at radius 3 is 2.80 bits per heavy atom. The number of carbonyl (C=O) groups is 2. The van der Waals surface area contributed by atoms with E-state index in [1.807, 2.05) is 13.0 Å². The first-order chi connectivity index (χ1) is 11.9. The van der Waals surface area contributed by atoms with E-state index in [9.17, 15) is 9.59 Å². The van der Waals surface area contributed by atoms with Gasteiger partial charge in [0.2, 0.25) is 0 Å². The average Bonchev–Trinajstić information content (AvgIpc) is 2.79. The van der Waals surface area contributed by atoms with Crippen molar-refractivity contribution in [2.24, 2.45) is 0 Å². The summed E-state index contributed by atoms with van der Waals surface area (Å²) in [4.78, 5) is 24.9. The van der Waals surface area contributed by atoms with Crippen LogP contribution in [0.5, 0.6) is 11.5 Å². The normalized spacial score (nSPS) is 15.8. The van der Waals surface area contributed by atoms with Crippen molar-refractivity contribution in [3.63, 3.8) is 0 Å². The third-order valence-corrected chi connectivity index (χ3v) is 5.22. The zero-order chi connectivity index (χ0) is 18.6. The van der Waals surface area contributed by atoms with Gasteiger partial charge in [0, 0.05) is 6.54 Å². The quantitative estimate of drug-likeness (QED) is 0.507. The molecule has 0 aliphatic carbocycles. The molecule has 1 aromatic carbocycles. The Labute approximate surface area is 163 Å². The molecule has 1 aliphatic rings. The minimum atomic E-state index is -0.974. The third kappa shape index (κ3) is 4.74. The summed E-state index contributed by atoms with van der Waals surface area (Å²) in [7, 11) is 1.55. The van der Waals surface area contributed by atoms with Crippen LogP contribution >= 0.6 is 39.9 Å². The van der Waals surface area contributed by atoms with Crippen LogP contribution in [0.1, 0.15) is 18.9 Å². The fraction of sp³-hybridized carbons (Fsp3) is 0.312. The molecule has 0 atom stereocenters. The monoisotopic (exact) mass is 445 g/mol. The van der Waals surface area contributed by atoms with Gasteiger partial charge in [0.25, 0.3) is 5.91 Å². The van der Waals surface area contributed by atoms with E-state index in [1.54, 1.807) is 19.3 Å². The fourth-order valence-corrected chi connectivity index (χ4v) is 4.11. The molecule has 0 radical (unpaired) electrons. The van der Waals surface area contributed by atoms with Crippen molar-refractivity contribution < 1.29 is 24.2 Å². The predicted molar refractivity (Wildman–Crippen MR) is 104 cm³/mol. The van der Waals surface area contributed by atoms with E-state index >= 15 is 0 Å². The molecular formula is C16H16BrNO5S2. The van der Waals surface area contributed by atoms with Crippen molar-refractivity contribution in [2.75, 3.05) is 20.3 Å². The van der Waals surface area contributed by atoms with Gasteiger partial charge < -0.3 is 14.6 Å². The van der Waals surface area contributed by atoms with E-state index in [1.165, 1.54) is 4.90 Å². The number of thiocarbonyl (C=S) groups is 1. The zero-order valence-electron chi connectivity index (χ0n) is 13.6. The molecule has 25 heavy (non-hydrogen) atoms. The number of carbonyl (C=O) groups excluding carboxylic acids is 1. The van der Waals surface area contributed by atoms with Crippen LogP contribution in [-0.4, -0.2) is 46.5 Å². The molecule has 1 amide bonds. The van der Waals surface area contributed by atoms with Crippen molar-refractivity contribution in [1.29, 1.82) is 0 Å². The van der Waals surface area contributed by atoms with Crippen LogP contribution in [0.25, 0.3) is 6.08 Å². The first-order valence-corrected chi connectivity index (χ1v) is 9.36. The number of halogens is 1. The number of carboxylic acid groups (broad SMARTS) is 1. The van der Waals surface area contributed by atoms with Crippen molar-refractivity contribution in [1.82, 2.24) is 4.90 Å². The topological polar surface area (TPSA) is 76.1 Å². The maximum Gasteiger partial charge on any atom is 0.305 e. The molecule has 0 spiro atoms. The number of hydrogen-bond donors (Lipinski definition) is 1. The molecule has 0 aromatic heterocycles. The molecule has 1 N–H and O–H groups in total. The Kier molecular flexibility index (Phi) is 6.86. The third-order valence-electron chi connectivity index (χ3n) is 3.26. The maximum absolute atomic E-state index is 12.4. The summed E-state index contributed by atoms with van der Waals surface area (Å²) in [6.07, 6.45) is 1.55. The van der Waals surface area contributed by atoms with Crippen LogP contribution in [-0.2, 0) is 9.59 Å². The van der Waals surface area contributed by atoms with Crippen LogP contribution in [0.3, 0.4) is 0 Å². The van der Waals surface area contributed by atoms with Crippen LogP contribution in [0, 0.1) is 0 Å². The second-order valence-electron chi connectivity index (χ2n) is 4.94. The highest BCUT2D eigenvalue weighted by Gasteiger charge is 2.32. The Hall–Kier alpha value is -1.58. The van der Waals surface area contributed by atoms with Crippen molar-refractivity contribution in [3.8, 4) is 11.5 Å². The molecule has 1 aliphatic heterocycles. The van der Waals surface area contributed by atoms with Crippen LogP contribution in [0.2, 0.25) is 0 Å².